The summed E-state index contributed by atoms with van der Waals surface area (Å²) in [7, 11) is 0. The van der Waals surface area contributed by atoms with E-state index in [-0.39, 0.29) is 0 Å². The summed E-state index contributed by atoms with van der Waals surface area (Å²) in [4.78, 5) is 3.94. The second-order valence-electron chi connectivity index (χ2n) is 2.62. The Morgan fingerprint density at radius 1 is 1.14 bits per heavy atom. The van der Waals surface area contributed by atoms with E-state index in [1.165, 1.54) is 0 Å². The Kier molecular flexibility index (Phi) is 2.15. The van der Waals surface area contributed by atoms with Crippen molar-refractivity contribution in [3.8, 4) is 17.3 Å². The number of hydrogen-bond acceptors (Lipinski definition) is 4. The Morgan fingerprint density at radius 3 is 2.71 bits per heavy atom. The normalized spacial score (nSPS) is 9.36. The van der Waals surface area contributed by atoms with Gasteiger partial charge in [0.25, 0.3) is 0 Å². The molecule has 0 spiro atoms. The molecule has 2 aromatic rings. The summed E-state index contributed by atoms with van der Waals surface area (Å²) >= 11 is 0. The van der Waals surface area contributed by atoms with Gasteiger partial charge in [-0.15, -0.1) is 0 Å². The van der Waals surface area contributed by atoms with E-state index in [1.54, 1.807) is 36.7 Å². The molecule has 2 aromatic heterocycles. The van der Waals surface area contributed by atoms with Crippen LogP contribution in [0.3, 0.4) is 0 Å². The topological polar surface area (TPSA) is 62.5 Å². The fourth-order valence-corrected chi connectivity index (χ4v) is 1.15. The molecular formula is C10H6N4. The first-order valence-electron chi connectivity index (χ1n) is 4.05. The summed E-state index contributed by atoms with van der Waals surface area (Å²) in [6.07, 6.45) is 3.17. The van der Waals surface area contributed by atoms with Gasteiger partial charge in [-0.05, 0) is 24.3 Å². The quantitative estimate of drug-likeness (QED) is 0.668. The van der Waals surface area contributed by atoms with E-state index < -0.39 is 0 Å². The molecule has 4 heteroatoms. The molecule has 0 aromatic carbocycles. The van der Waals surface area contributed by atoms with Gasteiger partial charge in [0.05, 0.1) is 5.69 Å². The second kappa shape index (κ2) is 3.62. The van der Waals surface area contributed by atoms with E-state index >= 15 is 0 Å². The molecule has 0 unspecified atom stereocenters. The highest BCUT2D eigenvalue weighted by atomic mass is 15.1. The maximum absolute atomic E-state index is 8.82. The van der Waals surface area contributed by atoms with Crippen LogP contribution in [0, 0.1) is 11.3 Å². The van der Waals surface area contributed by atoms with Crippen LogP contribution in [-0.4, -0.2) is 15.2 Å². The minimum atomic E-state index is 0.369. The van der Waals surface area contributed by atoms with Crippen molar-refractivity contribution < 1.29 is 0 Å². The van der Waals surface area contributed by atoms with Crippen molar-refractivity contribution in [1.82, 2.24) is 15.2 Å². The molecule has 66 valence electrons. The highest BCUT2D eigenvalue weighted by Crippen LogP contribution is 2.17. The van der Waals surface area contributed by atoms with Gasteiger partial charge in [-0.25, -0.2) is 4.98 Å². The number of hydrogen-bond donors (Lipinski definition) is 0. The van der Waals surface area contributed by atoms with Gasteiger partial charge in [0, 0.05) is 18.0 Å². The number of nitriles is 1. The van der Waals surface area contributed by atoms with Crippen molar-refractivity contribution in [3.63, 3.8) is 0 Å². The van der Waals surface area contributed by atoms with Crippen molar-refractivity contribution in [3.05, 3.63) is 42.4 Å². The Bertz CT molecular complexity index is 473. The summed E-state index contributed by atoms with van der Waals surface area (Å²) in [5.41, 5.74) is 1.74. The van der Waals surface area contributed by atoms with Gasteiger partial charge in [0.2, 0.25) is 0 Å². The van der Waals surface area contributed by atoms with Gasteiger partial charge in [-0.2, -0.15) is 15.5 Å². The first-order valence-corrected chi connectivity index (χ1v) is 4.05. The van der Waals surface area contributed by atoms with Crippen molar-refractivity contribution in [1.29, 1.82) is 5.26 Å². The van der Waals surface area contributed by atoms with Crippen molar-refractivity contribution in [2.24, 2.45) is 0 Å². The monoisotopic (exact) mass is 182 g/mol. The SMILES string of the molecule is N#Cc1ncccc1-c1cccnn1. The van der Waals surface area contributed by atoms with E-state index in [4.69, 9.17) is 5.26 Å². The van der Waals surface area contributed by atoms with Crippen LogP contribution in [0.2, 0.25) is 0 Å². The smallest absolute Gasteiger partial charge is 0.149 e. The number of pyridine rings is 1. The minimum Gasteiger partial charge on any atom is -0.245 e. The van der Waals surface area contributed by atoms with Crippen LogP contribution >= 0.6 is 0 Å². The average Bonchev–Trinajstić information content (AvgIpc) is 2.30. The van der Waals surface area contributed by atoms with E-state index in [0.717, 1.165) is 0 Å². The third kappa shape index (κ3) is 1.43. The molecule has 0 saturated heterocycles. The van der Waals surface area contributed by atoms with Crippen LogP contribution in [0.15, 0.2) is 36.7 Å². The van der Waals surface area contributed by atoms with Crippen LogP contribution in [0.1, 0.15) is 5.69 Å². The highest BCUT2D eigenvalue weighted by Gasteiger charge is 2.05. The molecule has 0 atom stereocenters. The maximum atomic E-state index is 8.82. The Labute approximate surface area is 80.9 Å². The lowest BCUT2D eigenvalue weighted by atomic mass is 10.1. The van der Waals surface area contributed by atoms with Gasteiger partial charge >= 0.3 is 0 Å². The zero-order valence-corrected chi connectivity index (χ0v) is 7.25. The molecule has 0 aliphatic heterocycles. The number of nitrogens with zero attached hydrogens (tertiary/aromatic N) is 4. The van der Waals surface area contributed by atoms with E-state index in [1.807, 2.05) is 6.07 Å². The predicted octanol–water partition coefficient (Wildman–Crippen LogP) is 1.41. The third-order valence-corrected chi connectivity index (χ3v) is 1.76. The minimum absolute atomic E-state index is 0.369. The summed E-state index contributed by atoms with van der Waals surface area (Å²) in [5, 5.41) is 16.5. The first-order chi connectivity index (χ1) is 6.92. The number of aromatic nitrogens is 3. The molecule has 0 fully saturated rings. The zero-order valence-electron chi connectivity index (χ0n) is 7.25. The summed E-state index contributed by atoms with van der Waals surface area (Å²) in [5.74, 6) is 0. The molecule has 2 heterocycles. The van der Waals surface area contributed by atoms with Crippen molar-refractivity contribution in [2.75, 3.05) is 0 Å². The van der Waals surface area contributed by atoms with Gasteiger partial charge in [-0.1, -0.05) is 0 Å². The third-order valence-electron chi connectivity index (χ3n) is 1.76. The molecule has 0 bridgehead atoms. The van der Waals surface area contributed by atoms with Gasteiger partial charge in [0.1, 0.15) is 11.8 Å². The Morgan fingerprint density at radius 2 is 2.00 bits per heavy atom. The predicted molar refractivity (Wildman–Crippen MR) is 50.0 cm³/mol. The fraction of sp³-hybridized carbons (Fsp3) is 0. The van der Waals surface area contributed by atoms with Gasteiger partial charge in [-0.3, -0.25) is 0 Å². The second-order valence-corrected chi connectivity index (χ2v) is 2.62. The first kappa shape index (κ1) is 8.32. The summed E-state index contributed by atoms with van der Waals surface area (Å²) in [6.45, 7) is 0. The molecule has 0 aliphatic rings. The van der Waals surface area contributed by atoms with Gasteiger partial charge < -0.3 is 0 Å². The molecule has 14 heavy (non-hydrogen) atoms. The fourth-order valence-electron chi connectivity index (χ4n) is 1.15. The van der Waals surface area contributed by atoms with Crippen LogP contribution in [-0.2, 0) is 0 Å². The summed E-state index contributed by atoms with van der Waals surface area (Å²) in [6, 6.07) is 9.16. The molecule has 0 N–H and O–H groups in total. The molecular weight excluding hydrogens is 176 g/mol. The maximum Gasteiger partial charge on any atom is 0.149 e. The lowest BCUT2D eigenvalue weighted by Gasteiger charge is -1.99. The molecule has 4 nitrogen and oxygen atoms in total. The average molecular weight is 182 g/mol. The van der Waals surface area contributed by atoms with E-state index in [0.29, 0.717) is 17.0 Å². The Hall–Kier alpha value is -2.28. The van der Waals surface area contributed by atoms with Crippen LogP contribution in [0.4, 0.5) is 0 Å². The van der Waals surface area contributed by atoms with Crippen molar-refractivity contribution >= 4 is 0 Å². The van der Waals surface area contributed by atoms with Gasteiger partial charge in [0.15, 0.2) is 0 Å². The van der Waals surface area contributed by atoms with Crippen LogP contribution in [0.5, 0.6) is 0 Å². The van der Waals surface area contributed by atoms with Crippen molar-refractivity contribution in [2.45, 2.75) is 0 Å². The molecule has 0 saturated carbocycles. The molecule has 2 rings (SSSR count). The molecule has 0 radical (unpaired) electrons. The lowest BCUT2D eigenvalue weighted by Crippen LogP contribution is -1.91. The van der Waals surface area contributed by atoms with E-state index in [2.05, 4.69) is 15.2 Å². The van der Waals surface area contributed by atoms with Crippen LogP contribution in [0.25, 0.3) is 11.3 Å². The standard InChI is InChI=1S/C10H6N4/c11-7-10-8(3-1-5-12-10)9-4-2-6-13-14-9/h1-6H. The number of rotatable bonds is 1. The van der Waals surface area contributed by atoms with Crippen LogP contribution < -0.4 is 0 Å². The summed E-state index contributed by atoms with van der Waals surface area (Å²) < 4.78 is 0. The Balaban J connectivity index is 2.58. The zero-order chi connectivity index (χ0) is 9.80. The van der Waals surface area contributed by atoms with E-state index in [9.17, 15) is 0 Å². The molecule has 0 amide bonds. The lowest BCUT2D eigenvalue weighted by molar-refractivity contribution is 1.03. The highest BCUT2D eigenvalue weighted by molar-refractivity contribution is 5.64. The molecule has 0 aliphatic carbocycles. The largest absolute Gasteiger partial charge is 0.245 e.